The Bertz CT molecular complexity index is 787. The number of benzene rings is 2. The van der Waals surface area contributed by atoms with E-state index in [4.69, 9.17) is 4.74 Å². The first-order chi connectivity index (χ1) is 13.1. The van der Waals surface area contributed by atoms with Crippen LogP contribution in [-0.4, -0.2) is 24.5 Å². The van der Waals surface area contributed by atoms with Crippen molar-refractivity contribution < 1.29 is 14.3 Å². The summed E-state index contributed by atoms with van der Waals surface area (Å²) in [6, 6.07) is 17.2. The van der Waals surface area contributed by atoms with Crippen molar-refractivity contribution in [1.29, 1.82) is 0 Å². The van der Waals surface area contributed by atoms with E-state index in [9.17, 15) is 9.59 Å². The third kappa shape index (κ3) is 4.76. The first-order valence-electron chi connectivity index (χ1n) is 9.67. The quantitative estimate of drug-likeness (QED) is 0.797. The van der Waals surface area contributed by atoms with Crippen molar-refractivity contribution in [2.75, 3.05) is 6.61 Å². The summed E-state index contributed by atoms with van der Waals surface area (Å²) < 4.78 is 5.30. The number of amides is 1. The minimum Gasteiger partial charge on any atom is -0.452 e. The Morgan fingerprint density at radius 1 is 1.00 bits per heavy atom. The average Bonchev–Trinajstić information content (AvgIpc) is 2.70. The van der Waals surface area contributed by atoms with Crippen molar-refractivity contribution in [2.24, 2.45) is 11.8 Å². The largest absolute Gasteiger partial charge is 0.452 e. The van der Waals surface area contributed by atoms with E-state index in [1.54, 1.807) is 12.1 Å². The SMILES string of the molecule is C[C@@H]1[C@H](C)CCC[C@H]1NC(=O)COC(=O)c1ccccc1-c1ccccc1. The fraction of sp³-hybridized carbons (Fsp3) is 0.391. The lowest BCUT2D eigenvalue weighted by molar-refractivity contribution is -0.125. The smallest absolute Gasteiger partial charge is 0.339 e. The van der Waals surface area contributed by atoms with Crippen LogP contribution in [0.15, 0.2) is 54.6 Å². The van der Waals surface area contributed by atoms with Crippen LogP contribution in [0, 0.1) is 11.8 Å². The predicted octanol–water partition coefficient (Wildman–Crippen LogP) is 4.45. The molecular weight excluding hydrogens is 338 g/mol. The van der Waals surface area contributed by atoms with Gasteiger partial charge >= 0.3 is 5.97 Å². The van der Waals surface area contributed by atoms with E-state index >= 15 is 0 Å². The average molecular weight is 365 g/mol. The number of rotatable bonds is 5. The summed E-state index contributed by atoms with van der Waals surface area (Å²) in [4.78, 5) is 24.8. The maximum Gasteiger partial charge on any atom is 0.339 e. The Labute approximate surface area is 160 Å². The van der Waals surface area contributed by atoms with Gasteiger partial charge in [0.25, 0.3) is 5.91 Å². The van der Waals surface area contributed by atoms with Gasteiger partial charge < -0.3 is 10.1 Å². The molecule has 0 bridgehead atoms. The number of carbonyl (C=O) groups excluding carboxylic acids is 2. The van der Waals surface area contributed by atoms with Crippen molar-refractivity contribution in [3.63, 3.8) is 0 Å². The van der Waals surface area contributed by atoms with Gasteiger partial charge in [0.2, 0.25) is 0 Å². The summed E-state index contributed by atoms with van der Waals surface area (Å²) in [6.07, 6.45) is 3.32. The Morgan fingerprint density at radius 2 is 1.70 bits per heavy atom. The number of nitrogens with one attached hydrogen (secondary N) is 1. The lowest BCUT2D eigenvalue weighted by Gasteiger charge is -2.34. The van der Waals surface area contributed by atoms with E-state index in [0.717, 1.165) is 24.0 Å². The molecule has 4 heteroatoms. The van der Waals surface area contributed by atoms with Crippen LogP contribution in [0.2, 0.25) is 0 Å². The van der Waals surface area contributed by atoms with E-state index in [0.29, 0.717) is 17.4 Å². The molecule has 0 aliphatic heterocycles. The molecule has 1 saturated carbocycles. The number of hydrogen-bond acceptors (Lipinski definition) is 3. The summed E-state index contributed by atoms with van der Waals surface area (Å²) in [5, 5.41) is 3.04. The van der Waals surface area contributed by atoms with E-state index in [1.165, 1.54) is 6.42 Å². The number of esters is 1. The minimum atomic E-state index is -0.477. The van der Waals surface area contributed by atoms with Gasteiger partial charge in [0.05, 0.1) is 5.56 Å². The molecule has 1 amide bonds. The highest BCUT2D eigenvalue weighted by Crippen LogP contribution is 2.29. The van der Waals surface area contributed by atoms with Crippen molar-refractivity contribution >= 4 is 11.9 Å². The zero-order valence-electron chi connectivity index (χ0n) is 16.0. The van der Waals surface area contributed by atoms with Gasteiger partial charge in [-0.1, -0.05) is 75.2 Å². The van der Waals surface area contributed by atoms with Crippen LogP contribution in [0.5, 0.6) is 0 Å². The van der Waals surface area contributed by atoms with Crippen molar-refractivity contribution in [2.45, 2.75) is 39.2 Å². The fourth-order valence-corrected chi connectivity index (χ4v) is 3.77. The van der Waals surface area contributed by atoms with Gasteiger partial charge in [0.15, 0.2) is 6.61 Å². The van der Waals surface area contributed by atoms with Gasteiger partial charge in [-0.15, -0.1) is 0 Å². The van der Waals surface area contributed by atoms with Crippen LogP contribution in [-0.2, 0) is 9.53 Å². The van der Waals surface area contributed by atoms with E-state index < -0.39 is 5.97 Å². The van der Waals surface area contributed by atoms with Crippen LogP contribution in [0.25, 0.3) is 11.1 Å². The summed E-state index contributed by atoms with van der Waals surface area (Å²) in [5.41, 5.74) is 2.22. The molecule has 0 heterocycles. The molecule has 0 saturated heterocycles. The Balaban J connectivity index is 1.61. The molecule has 3 rings (SSSR count). The molecular formula is C23H27NO3. The maximum atomic E-state index is 12.5. The Morgan fingerprint density at radius 3 is 2.48 bits per heavy atom. The highest BCUT2D eigenvalue weighted by atomic mass is 16.5. The van der Waals surface area contributed by atoms with Crippen molar-refractivity contribution in [1.82, 2.24) is 5.32 Å². The highest BCUT2D eigenvalue weighted by Gasteiger charge is 2.28. The molecule has 0 radical (unpaired) electrons. The number of ether oxygens (including phenoxy) is 1. The Hall–Kier alpha value is -2.62. The molecule has 27 heavy (non-hydrogen) atoms. The van der Waals surface area contributed by atoms with Gasteiger partial charge in [0, 0.05) is 6.04 Å². The fourth-order valence-electron chi connectivity index (χ4n) is 3.77. The van der Waals surface area contributed by atoms with Gasteiger partial charge in [0.1, 0.15) is 0 Å². The van der Waals surface area contributed by atoms with Crippen molar-refractivity contribution in [3.05, 3.63) is 60.2 Å². The summed E-state index contributed by atoms with van der Waals surface area (Å²) in [5.74, 6) is 0.336. The molecule has 1 aliphatic rings. The molecule has 1 aliphatic carbocycles. The maximum absolute atomic E-state index is 12.5. The molecule has 4 nitrogen and oxygen atoms in total. The highest BCUT2D eigenvalue weighted by molar-refractivity contribution is 5.98. The molecule has 0 aromatic heterocycles. The molecule has 2 aromatic carbocycles. The minimum absolute atomic E-state index is 0.163. The predicted molar refractivity (Wildman–Crippen MR) is 106 cm³/mol. The second-order valence-corrected chi connectivity index (χ2v) is 7.43. The first-order valence-corrected chi connectivity index (χ1v) is 9.67. The van der Waals surface area contributed by atoms with Crippen LogP contribution < -0.4 is 5.32 Å². The lowest BCUT2D eigenvalue weighted by Crippen LogP contribution is -2.45. The van der Waals surface area contributed by atoms with Gasteiger partial charge in [-0.2, -0.15) is 0 Å². The standard InChI is InChI=1S/C23H27NO3/c1-16-9-8-14-21(17(16)2)24-22(25)15-27-23(26)20-13-7-6-12-19(20)18-10-4-3-5-11-18/h3-7,10-13,16-17,21H,8-9,14-15H2,1-2H3,(H,24,25)/t16-,17-,21-/m1/s1. The number of carbonyl (C=O) groups is 2. The van der Waals surface area contributed by atoms with E-state index in [1.807, 2.05) is 42.5 Å². The third-order valence-corrected chi connectivity index (χ3v) is 5.62. The number of hydrogen-bond donors (Lipinski definition) is 1. The van der Waals surface area contributed by atoms with Crippen LogP contribution in [0.3, 0.4) is 0 Å². The summed E-state index contributed by atoms with van der Waals surface area (Å²) >= 11 is 0. The van der Waals surface area contributed by atoms with Gasteiger partial charge in [-0.25, -0.2) is 4.79 Å². The molecule has 0 unspecified atom stereocenters. The van der Waals surface area contributed by atoms with E-state index in [-0.39, 0.29) is 18.6 Å². The second-order valence-electron chi connectivity index (χ2n) is 7.43. The topological polar surface area (TPSA) is 55.4 Å². The second kappa shape index (κ2) is 8.85. The van der Waals surface area contributed by atoms with Crippen LogP contribution in [0.1, 0.15) is 43.5 Å². The lowest BCUT2D eigenvalue weighted by atomic mass is 9.78. The summed E-state index contributed by atoms with van der Waals surface area (Å²) in [7, 11) is 0. The molecule has 1 fully saturated rings. The molecule has 142 valence electrons. The molecule has 1 N–H and O–H groups in total. The third-order valence-electron chi connectivity index (χ3n) is 5.62. The summed E-state index contributed by atoms with van der Waals surface area (Å²) in [6.45, 7) is 4.15. The zero-order chi connectivity index (χ0) is 19.2. The van der Waals surface area contributed by atoms with Gasteiger partial charge in [-0.05, 0) is 35.4 Å². The molecule has 3 atom stereocenters. The van der Waals surface area contributed by atoms with Crippen LogP contribution >= 0.6 is 0 Å². The van der Waals surface area contributed by atoms with Crippen molar-refractivity contribution in [3.8, 4) is 11.1 Å². The molecule has 0 spiro atoms. The van der Waals surface area contributed by atoms with Crippen LogP contribution in [0.4, 0.5) is 0 Å². The van der Waals surface area contributed by atoms with Gasteiger partial charge in [-0.3, -0.25) is 4.79 Å². The monoisotopic (exact) mass is 365 g/mol. The molecule has 2 aromatic rings. The van der Waals surface area contributed by atoms with E-state index in [2.05, 4.69) is 19.2 Å². The Kier molecular flexibility index (Phi) is 6.28. The first kappa shape index (κ1) is 19.2. The normalized spacial score (nSPS) is 22.1. The zero-order valence-corrected chi connectivity index (χ0v) is 16.0.